The van der Waals surface area contributed by atoms with Gasteiger partial charge in [0.25, 0.3) is 5.56 Å². The molecule has 0 N–H and O–H groups in total. The minimum absolute atomic E-state index is 0. The number of pyridine rings is 3. The van der Waals surface area contributed by atoms with Crippen molar-refractivity contribution in [2.45, 2.75) is 32.3 Å². The third-order valence-electron chi connectivity index (χ3n) is 5.19. The van der Waals surface area contributed by atoms with Crippen LogP contribution in [0.3, 0.4) is 0 Å². The van der Waals surface area contributed by atoms with Gasteiger partial charge >= 0.3 is 0 Å². The molecule has 5 rings (SSSR count). The summed E-state index contributed by atoms with van der Waals surface area (Å²) in [7, 11) is 0. The number of aromatic nitrogens is 4. The average molecular weight is 427 g/mol. The molecule has 4 aromatic rings. The van der Waals surface area contributed by atoms with E-state index in [0.717, 1.165) is 28.9 Å². The number of hydrogen-bond acceptors (Lipinski definition) is 4. The van der Waals surface area contributed by atoms with Gasteiger partial charge in [-0.15, -0.1) is 12.4 Å². The van der Waals surface area contributed by atoms with Crippen LogP contribution in [0.1, 0.15) is 35.8 Å². The molecule has 154 valence electrons. The molecular weight excluding hydrogens is 407 g/mol. The van der Waals surface area contributed by atoms with E-state index in [1.165, 1.54) is 25.0 Å². The summed E-state index contributed by atoms with van der Waals surface area (Å²) in [5.74, 6) is 0.618. The number of rotatable bonds is 5. The van der Waals surface area contributed by atoms with Gasteiger partial charge in [-0.05, 0) is 50.1 Å². The number of halogens is 2. The largest absolute Gasteiger partial charge is 0.487 e. The Morgan fingerprint density at radius 3 is 2.73 bits per heavy atom. The zero-order chi connectivity index (χ0) is 20.0. The van der Waals surface area contributed by atoms with Gasteiger partial charge in [0.05, 0.1) is 23.3 Å². The highest BCUT2D eigenvalue weighted by molar-refractivity contribution is 5.85. The molecule has 4 aromatic heterocycles. The van der Waals surface area contributed by atoms with Crippen molar-refractivity contribution < 1.29 is 9.13 Å². The Balaban J connectivity index is 0.00000218. The van der Waals surface area contributed by atoms with Crippen molar-refractivity contribution in [1.82, 2.24) is 18.9 Å². The molecule has 0 aliphatic heterocycles. The molecule has 6 nitrogen and oxygen atoms in total. The number of hydrogen-bond donors (Lipinski definition) is 0. The van der Waals surface area contributed by atoms with Gasteiger partial charge in [0.1, 0.15) is 23.8 Å². The van der Waals surface area contributed by atoms with Crippen molar-refractivity contribution in [3.63, 3.8) is 0 Å². The summed E-state index contributed by atoms with van der Waals surface area (Å²) in [4.78, 5) is 21.3. The lowest BCUT2D eigenvalue weighted by Crippen LogP contribution is -2.17. The lowest BCUT2D eigenvalue weighted by atomic mass is 10.2. The first-order valence-electron chi connectivity index (χ1n) is 9.53. The van der Waals surface area contributed by atoms with E-state index in [4.69, 9.17) is 9.72 Å². The standard InChI is InChI=1S/C22H19FN4O2.ClH/c1-14-22(15-2-3-15)25-20-7-6-18(12-27(14)20)26-9-8-19(10-21(26)28)29-13-17-5-4-16(23)11-24-17;/h4-12,15H,2-3,13H2,1H3;1H. The van der Waals surface area contributed by atoms with Gasteiger partial charge in [0.2, 0.25) is 0 Å². The van der Waals surface area contributed by atoms with Crippen molar-refractivity contribution in [1.29, 1.82) is 0 Å². The van der Waals surface area contributed by atoms with Crippen LogP contribution in [0.15, 0.2) is 59.8 Å². The molecular formula is C22H20ClFN4O2. The molecule has 1 fully saturated rings. The molecule has 0 amide bonds. The fourth-order valence-corrected chi connectivity index (χ4v) is 3.47. The van der Waals surface area contributed by atoms with Crippen LogP contribution in [0.2, 0.25) is 0 Å². The van der Waals surface area contributed by atoms with Gasteiger partial charge in [-0.3, -0.25) is 14.3 Å². The van der Waals surface area contributed by atoms with E-state index in [1.54, 1.807) is 22.9 Å². The maximum absolute atomic E-state index is 12.9. The van der Waals surface area contributed by atoms with Crippen LogP contribution in [-0.2, 0) is 6.61 Å². The molecule has 0 bridgehead atoms. The van der Waals surface area contributed by atoms with E-state index in [9.17, 15) is 9.18 Å². The number of nitrogens with zero attached hydrogens (tertiary/aromatic N) is 4. The van der Waals surface area contributed by atoms with Crippen molar-refractivity contribution >= 4 is 18.1 Å². The first kappa shape index (κ1) is 20.1. The van der Waals surface area contributed by atoms with E-state index in [-0.39, 0.29) is 24.6 Å². The molecule has 1 aliphatic rings. The predicted octanol–water partition coefficient (Wildman–Crippen LogP) is 4.21. The Hall–Kier alpha value is -3.19. The summed E-state index contributed by atoms with van der Waals surface area (Å²) in [5.41, 5.74) is 4.33. The Morgan fingerprint density at radius 2 is 2.03 bits per heavy atom. The van der Waals surface area contributed by atoms with Crippen LogP contribution in [0.4, 0.5) is 4.39 Å². The Morgan fingerprint density at radius 1 is 1.20 bits per heavy atom. The monoisotopic (exact) mass is 426 g/mol. The number of imidazole rings is 1. The van der Waals surface area contributed by atoms with E-state index < -0.39 is 5.82 Å². The fourth-order valence-electron chi connectivity index (χ4n) is 3.47. The molecule has 1 saturated carbocycles. The highest BCUT2D eigenvalue weighted by atomic mass is 35.5. The molecule has 1 aliphatic carbocycles. The van der Waals surface area contributed by atoms with Crippen LogP contribution < -0.4 is 10.3 Å². The number of fused-ring (bicyclic) bond motifs is 1. The summed E-state index contributed by atoms with van der Waals surface area (Å²) in [6.45, 7) is 2.23. The maximum atomic E-state index is 12.9. The first-order chi connectivity index (χ1) is 14.1. The Labute approximate surface area is 178 Å². The lowest BCUT2D eigenvalue weighted by molar-refractivity contribution is 0.300. The van der Waals surface area contributed by atoms with Crippen LogP contribution in [-0.4, -0.2) is 18.9 Å². The van der Waals surface area contributed by atoms with Gasteiger partial charge in [-0.1, -0.05) is 0 Å². The second kappa shape index (κ2) is 7.91. The van der Waals surface area contributed by atoms with Crippen molar-refractivity contribution in [3.8, 4) is 11.4 Å². The van der Waals surface area contributed by atoms with Crippen LogP contribution in [0.25, 0.3) is 11.3 Å². The molecule has 8 heteroatoms. The van der Waals surface area contributed by atoms with Gasteiger partial charge in [-0.25, -0.2) is 9.37 Å². The molecule has 0 spiro atoms. The zero-order valence-corrected chi connectivity index (χ0v) is 17.1. The summed E-state index contributed by atoms with van der Waals surface area (Å²) < 4.78 is 22.1. The lowest BCUT2D eigenvalue weighted by Gasteiger charge is -2.09. The van der Waals surface area contributed by atoms with Crippen LogP contribution >= 0.6 is 12.4 Å². The number of ether oxygens (including phenoxy) is 1. The van der Waals surface area contributed by atoms with Crippen LogP contribution in [0, 0.1) is 12.7 Å². The van der Waals surface area contributed by atoms with Gasteiger partial charge < -0.3 is 9.14 Å². The predicted molar refractivity (Wildman–Crippen MR) is 113 cm³/mol. The quantitative estimate of drug-likeness (QED) is 0.479. The SMILES string of the molecule is Cc1c(C2CC2)nc2ccc(-n3ccc(OCc4ccc(F)cn4)cc3=O)cn12.Cl. The van der Waals surface area contributed by atoms with Gasteiger partial charge in [-0.2, -0.15) is 0 Å². The second-order valence-corrected chi connectivity index (χ2v) is 7.30. The van der Waals surface area contributed by atoms with E-state index in [2.05, 4.69) is 11.9 Å². The van der Waals surface area contributed by atoms with Crippen molar-refractivity contribution in [3.05, 3.63) is 88.2 Å². The first-order valence-corrected chi connectivity index (χ1v) is 9.53. The molecule has 0 unspecified atom stereocenters. The van der Waals surface area contributed by atoms with Crippen molar-refractivity contribution in [2.24, 2.45) is 0 Å². The summed E-state index contributed by atoms with van der Waals surface area (Å²) >= 11 is 0. The third-order valence-corrected chi connectivity index (χ3v) is 5.19. The normalized spacial score (nSPS) is 13.3. The maximum Gasteiger partial charge on any atom is 0.258 e. The Kier molecular flexibility index (Phi) is 5.30. The highest BCUT2D eigenvalue weighted by Crippen LogP contribution is 2.41. The minimum Gasteiger partial charge on any atom is -0.487 e. The minimum atomic E-state index is -0.398. The smallest absolute Gasteiger partial charge is 0.258 e. The van der Waals surface area contributed by atoms with Crippen molar-refractivity contribution in [2.75, 3.05) is 0 Å². The summed E-state index contributed by atoms with van der Waals surface area (Å²) in [5, 5.41) is 0. The molecule has 0 saturated heterocycles. The molecule has 0 atom stereocenters. The van der Waals surface area contributed by atoms with Crippen LogP contribution in [0.5, 0.6) is 5.75 Å². The zero-order valence-electron chi connectivity index (χ0n) is 16.3. The summed E-state index contributed by atoms with van der Waals surface area (Å²) in [6.07, 6.45) is 7.16. The Bertz CT molecular complexity index is 1260. The molecule has 30 heavy (non-hydrogen) atoms. The molecule has 0 radical (unpaired) electrons. The third kappa shape index (κ3) is 3.80. The average Bonchev–Trinajstić information content (AvgIpc) is 3.52. The molecule has 0 aromatic carbocycles. The second-order valence-electron chi connectivity index (χ2n) is 7.30. The number of aryl methyl sites for hydroxylation is 1. The van der Waals surface area contributed by atoms with Gasteiger partial charge in [0, 0.05) is 30.1 Å². The fraction of sp³-hybridized carbons (Fsp3) is 0.227. The van der Waals surface area contributed by atoms with E-state index in [0.29, 0.717) is 17.4 Å². The van der Waals surface area contributed by atoms with E-state index in [1.807, 2.05) is 22.7 Å². The van der Waals surface area contributed by atoms with Gasteiger partial charge in [0.15, 0.2) is 0 Å². The topological polar surface area (TPSA) is 61.4 Å². The highest BCUT2D eigenvalue weighted by Gasteiger charge is 2.28. The summed E-state index contributed by atoms with van der Waals surface area (Å²) in [6, 6.07) is 9.87. The van der Waals surface area contributed by atoms with E-state index >= 15 is 0 Å². The molecule has 4 heterocycles.